The maximum atomic E-state index is 12.8. The number of piperazine rings is 1. The van der Waals surface area contributed by atoms with E-state index in [0.29, 0.717) is 44.3 Å². The van der Waals surface area contributed by atoms with E-state index in [1.54, 1.807) is 24.1 Å². The Kier molecular flexibility index (Phi) is 6.95. The first-order valence-corrected chi connectivity index (χ1v) is 9.72. The van der Waals surface area contributed by atoms with Gasteiger partial charge in [0.1, 0.15) is 6.61 Å². The number of sulfonamides is 1. The first-order valence-electron chi connectivity index (χ1n) is 8.28. The molecule has 1 fully saturated rings. The summed E-state index contributed by atoms with van der Waals surface area (Å²) in [7, 11) is -1.96. The molecular formula is C17H26N2O5S. The Morgan fingerprint density at radius 2 is 1.76 bits per heavy atom. The van der Waals surface area contributed by atoms with Crippen LogP contribution in [0.25, 0.3) is 0 Å². The van der Waals surface area contributed by atoms with E-state index in [1.165, 1.54) is 4.31 Å². The van der Waals surface area contributed by atoms with Crippen LogP contribution >= 0.6 is 0 Å². The summed E-state index contributed by atoms with van der Waals surface area (Å²) in [6.07, 6.45) is 0. The highest BCUT2D eigenvalue weighted by Crippen LogP contribution is 2.20. The van der Waals surface area contributed by atoms with Crippen LogP contribution in [0.15, 0.2) is 23.1 Å². The zero-order valence-corrected chi connectivity index (χ0v) is 15.8. The Hall–Kier alpha value is -1.48. The van der Waals surface area contributed by atoms with Gasteiger partial charge < -0.3 is 14.4 Å². The summed E-state index contributed by atoms with van der Waals surface area (Å²) in [5.41, 5.74) is 2.01. The zero-order valence-electron chi connectivity index (χ0n) is 15.0. The van der Waals surface area contributed by atoms with Crippen molar-refractivity contribution in [1.82, 2.24) is 9.21 Å². The lowest BCUT2D eigenvalue weighted by atomic mass is 10.1. The molecule has 1 heterocycles. The van der Waals surface area contributed by atoms with Crippen molar-refractivity contribution in [3.8, 4) is 0 Å². The summed E-state index contributed by atoms with van der Waals surface area (Å²) < 4.78 is 37.0. The molecule has 0 unspecified atom stereocenters. The fraction of sp³-hybridized carbons (Fsp3) is 0.588. The van der Waals surface area contributed by atoms with Gasteiger partial charge >= 0.3 is 0 Å². The van der Waals surface area contributed by atoms with Crippen molar-refractivity contribution in [1.29, 1.82) is 0 Å². The number of nitrogens with zero attached hydrogens (tertiary/aromatic N) is 2. The van der Waals surface area contributed by atoms with Crippen molar-refractivity contribution in [2.75, 3.05) is 53.1 Å². The Labute approximate surface area is 149 Å². The standard InChI is InChI=1S/C17H26N2O5S/c1-14-4-5-16(12-15(14)2)25(21,22)19-8-6-18(7-9-19)17(20)13-24-11-10-23-3/h4-5,12H,6-11,13H2,1-3H3. The van der Waals surface area contributed by atoms with Gasteiger partial charge in [-0.05, 0) is 37.1 Å². The molecule has 2 rings (SSSR count). The third-order valence-corrected chi connectivity index (χ3v) is 6.26. The van der Waals surface area contributed by atoms with Crippen LogP contribution in [0.2, 0.25) is 0 Å². The van der Waals surface area contributed by atoms with Crippen LogP contribution in [-0.2, 0) is 24.3 Å². The predicted molar refractivity (Wildman–Crippen MR) is 93.9 cm³/mol. The van der Waals surface area contributed by atoms with Crippen molar-refractivity contribution >= 4 is 15.9 Å². The lowest BCUT2D eigenvalue weighted by Gasteiger charge is -2.34. The smallest absolute Gasteiger partial charge is 0.248 e. The van der Waals surface area contributed by atoms with Crippen molar-refractivity contribution in [3.63, 3.8) is 0 Å². The number of carbonyl (C=O) groups excluding carboxylic acids is 1. The van der Waals surface area contributed by atoms with E-state index in [0.717, 1.165) is 11.1 Å². The molecule has 1 saturated heterocycles. The summed E-state index contributed by atoms with van der Waals surface area (Å²) in [5, 5.41) is 0. The number of hydrogen-bond donors (Lipinski definition) is 0. The number of amides is 1. The molecule has 7 nitrogen and oxygen atoms in total. The molecular weight excluding hydrogens is 344 g/mol. The number of carbonyl (C=O) groups is 1. The Morgan fingerprint density at radius 1 is 1.08 bits per heavy atom. The van der Waals surface area contributed by atoms with Gasteiger partial charge in [0.25, 0.3) is 0 Å². The molecule has 140 valence electrons. The van der Waals surface area contributed by atoms with Crippen molar-refractivity contribution in [2.24, 2.45) is 0 Å². The molecule has 1 aliphatic rings. The molecule has 1 aliphatic heterocycles. The van der Waals surface area contributed by atoms with Crippen LogP contribution < -0.4 is 0 Å². The number of benzene rings is 1. The minimum absolute atomic E-state index is 0.00668. The molecule has 0 spiro atoms. The molecule has 0 bridgehead atoms. The van der Waals surface area contributed by atoms with Crippen LogP contribution in [0.5, 0.6) is 0 Å². The van der Waals surface area contributed by atoms with Crippen LogP contribution in [-0.4, -0.2) is 76.6 Å². The monoisotopic (exact) mass is 370 g/mol. The van der Waals surface area contributed by atoms with Gasteiger partial charge in [-0.25, -0.2) is 8.42 Å². The lowest BCUT2D eigenvalue weighted by molar-refractivity contribution is -0.137. The highest BCUT2D eigenvalue weighted by atomic mass is 32.2. The molecule has 1 amide bonds. The maximum Gasteiger partial charge on any atom is 0.248 e. The van der Waals surface area contributed by atoms with Gasteiger partial charge in [-0.1, -0.05) is 6.07 Å². The average Bonchev–Trinajstić information content (AvgIpc) is 2.61. The topological polar surface area (TPSA) is 76.2 Å². The summed E-state index contributed by atoms with van der Waals surface area (Å²) in [6.45, 7) is 5.97. The van der Waals surface area contributed by atoms with Gasteiger partial charge in [-0.3, -0.25) is 4.79 Å². The predicted octanol–water partition coefficient (Wildman–Crippen LogP) is 0.799. The van der Waals surface area contributed by atoms with Crippen LogP contribution in [0.1, 0.15) is 11.1 Å². The quantitative estimate of drug-likeness (QED) is 0.664. The third kappa shape index (κ3) is 5.01. The largest absolute Gasteiger partial charge is 0.382 e. The molecule has 1 aromatic rings. The average molecular weight is 370 g/mol. The molecule has 0 atom stereocenters. The van der Waals surface area contributed by atoms with Gasteiger partial charge in [0.2, 0.25) is 15.9 Å². The molecule has 0 N–H and O–H groups in total. The summed E-state index contributed by atoms with van der Waals surface area (Å²) in [5.74, 6) is -0.126. The Bertz CT molecular complexity index is 697. The van der Waals surface area contributed by atoms with Gasteiger partial charge in [-0.15, -0.1) is 0 Å². The van der Waals surface area contributed by atoms with E-state index in [2.05, 4.69) is 0 Å². The number of hydrogen-bond acceptors (Lipinski definition) is 5. The summed E-state index contributed by atoms with van der Waals surface area (Å²) >= 11 is 0. The van der Waals surface area contributed by atoms with Gasteiger partial charge in [0, 0.05) is 33.3 Å². The summed E-state index contributed by atoms with van der Waals surface area (Å²) in [6, 6.07) is 5.16. The zero-order chi connectivity index (χ0) is 18.4. The molecule has 0 saturated carbocycles. The second kappa shape index (κ2) is 8.75. The van der Waals surface area contributed by atoms with Crippen LogP contribution in [0.4, 0.5) is 0 Å². The number of ether oxygens (including phenoxy) is 2. The Balaban J connectivity index is 1.92. The fourth-order valence-electron chi connectivity index (χ4n) is 2.59. The molecule has 0 aromatic heterocycles. The van der Waals surface area contributed by atoms with E-state index in [9.17, 15) is 13.2 Å². The Morgan fingerprint density at radius 3 is 2.36 bits per heavy atom. The molecule has 1 aromatic carbocycles. The van der Waals surface area contributed by atoms with E-state index in [-0.39, 0.29) is 12.5 Å². The van der Waals surface area contributed by atoms with Crippen molar-refractivity contribution < 1.29 is 22.7 Å². The second-order valence-corrected chi connectivity index (χ2v) is 8.01. The lowest BCUT2D eigenvalue weighted by Crippen LogP contribution is -2.51. The highest BCUT2D eigenvalue weighted by Gasteiger charge is 2.30. The molecule has 0 aliphatic carbocycles. The van der Waals surface area contributed by atoms with E-state index in [4.69, 9.17) is 9.47 Å². The maximum absolute atomic E-state index is 12.8. The van der Waals surface area contributed by atoms with Crippen LogP contribution in [0, 0.1) is 13.8 Å². The number of methoxy groups -OCH3 is 1. The van der Waals surface area contributed by atoms with E-state index in [1.807, 2.05) is 19.9 Å². The van der Waals surface area contributed by atoms with E-state index < -0.39 is 10.0 Å². The van der Waals surface area contributed by atoms with Crippen molar-refractivity contribution in [3.05, 3.63) is 29.3 Å². The SMILES string of the molecule is COCCOCC(=O)N1CCN(S(=O)(=O)c2ccc(C)c(C)c2)CC1. The van der Waals surface area contributed by atoms with E-state index >= 15 is 0 Å². The minimum atomic E-state index is -3.53. The molecule has 25 heavy (non-hydrogen) atoms. The highest BCUT2D eigenvalue weighted by molar-refractivity contribution is 7.89. The fourth-order valence-corrected chi connectivity index (χ4v) is 4.10. The van der Waals surface area contributed by atoms with Gasteiger partial charge in [0.05, 0.1) is 18.1 Å². The first-order chi connectivity index (χ1) is 11.9. The normalized spacial score (nSPS) is 16.2. The number of aryl methyl sites for hydroxylation is 2. The summed E-state index contributed by atoms with van der Waals surface area (Å²) in [4.78, 5) is 14.0. The van der Waals surface area contributed by atoms with Crippen molar-refractivity contribution in [2.45, 2.75) is 18.7 Å². The third-order valence-electron chi connectivity index (χ3n) is 4.36. The second-order valence-electron chi connectivity index (χ2n) is 6.08. The van der Waals surface area contributed by atoms with Gasteiger partial charge in [-0.2, -0.15) is 4.31 Å². The number of rotatable bonds is 7. The van der Waals surface area contributed by atoms with Gasteiger partial charge in [0.15, 0.2) is 0 Å². The first kappa shape index (κ1) is 19.8. The van der Waals surface area contributed by atoms with Crippen LogP contribution in [0.3, 0.4) is 0 Å². The minimum Gasteiger partial charge on any atom is -0.382 e. The molecule has 0 radical (unpaired) electrons. The molecule has 8 heteroatoms.